The van der Waals surface area contributed by atoms with Crippen LogP contribution >= 0.6 is 0 Å². The highest BCUT2D eigenvalue weighted by Crippen LogP contribution is 2.18. The summed E-state index contributed by atoms with van der Waals surface area (Å²) in [4.78, 5) is 25.9. The Morgan fingerprint density at radius 3 is 2.32 bits per heavy atom. The number of carbonyl (C=O) groups excluding carboxylic acids is 1. The van der Waals surface area contributed by atoms with Crippen LogP contribution in [0, 0.1) is 6.92 Å². The van der Waals surface area contributed by atoms with E-state index in [2.05, 4.69) is 5.32 Å². The molecule has 0 bridgehead atoms. The van der Waals surface area contributed by atoms with E-state index < -0.39 is 0 Å². The second kappa shape index (κ2) is 8.75. The van der Waals surface area contributed by atoms with E-state index in [0.717, 1.165) is 11.3 Å². The van der Waals surface area contributed by atoms with Gasteiger partial charge in [-0.1, -0.05) is 54.6 Å². The second-order valence-corrected chi connectivity index (χ2v) is 7.19. The molecular formula is C25H23N3O3. The minimum absolute atomic E-state index is 0.256. The van der Waals surface area contributed by atoms with Gasteiger partial charge >= 0.3 is 0 Å². The van der Waals surface area contributed by atoms with Crippen molar-refractivity contribution in [1.82, 2.24) is 9.36 Å². The predicted octanol–water partition coefficient (Wildman–Crippen LogP) is 4.32. The third kappa shape index (κ3) is 4.28. The lowest BCUT2D eigenvalue weighted by atomic mass is 10.2. The lowest BCUT2D eigenvalue weighted by Crippen LogP contribution is -2.23. The fourth-order valence-corrected chi connectivity index (χ4v) is 3.37. The lowest BCUT2D eigenvalue weighted by molar-refractivity contribution is 0.102. The van der Waals surface area contributed by atoms with Gasteiger partial charge in [0, 0.05) is 12.6 Å². The molecule has 0 aliphatic carbocycles. The summed E-state index contributed by atoms with van der Waals surface area (Å²) in [5.74, 6) is 0.221. The van der Waals surface area contributed by atoms with Crippen molar-refractivity contribution in [3.8, 4) is 11.4 Å². The van der Waals surface area contributed by atoms with E-state index >= 15 is 0 Å². The summed E-state index contributed by atoms with van der Waals surface area (Å²) in [5, 5.41) is 2.78. The van der Waals surface area contributed by atoms with Crippen molar-refractivity contribution in [2.75, 3.05) is 5.32 Å². The van der Waals surface area contributed by atoms with Crippen molar-refractivity contribution >= 4 is 11.6 Å². The first-order valence-corrected chi connectivity index (χ1v) is 9.97. The molecule has 1 N–H and O–H groups in total. The molecule has 1 heterocycles. The smallest absolute Gasteiger partial charge is 0.295 e. The van der Waals surface area contributed by atoms with Gasteiger partial charge in [-0.3, -0.25) is 14.3 Å². The van der Waals surface area contributed by atoms with Gasteiger partial charge in [0.05, 0.1) is 11.4 Å². The lowest BCUT2D eigenvalue weighted by Gasteiger charge is -2.08. The number of para-hydroxylation sites is 1. The number of hydrogen-bond donors (Lipinski definition) is 1. The van der Waals surface area contributed by atoms with E-state index in [1.807, 2.05) is 60.7 Å². The topological polar surface area (TPSA) is 65.3 Å². The largest absolute Gasteiger partial charge is 0.489 e. The van der Waals surface area contributed by atoms with Crippen molar-refractivity contribution in [3.63, 3.8) is 0 Å². The molecule has 156 valence electrons. The molecule has 0 unspecified atom stereocenters. The molecule has 0 saturated carbocycles. The summed E-state index contributed by atoms with van der Waals surface area (Å²) in [7, 11) is 1.79. The van der Waals surface area contributed by atoms with Crippen molar-refractivity contribution < 1.29 is 9.53 Å². The molecule has 0 spiro atoms. The number of anilines is 1. The van der Waals surface area contributed by atoms with Gasteiger partial charge in [-0.2, -0.15) is 0 Å². The van der Waals surface area contributed by atoms with Crippen molar-refractivity contribution in [2.24, 2.45) is 7.05 Å². The number of rotatable bonds is 6. The van der Waals surface area contributed by atoms with Crippen LogP contribution in [0.3, 0.4) is 0 Å². The Morgan fingerprint density at radius 2 is 1.61 bits per heavy atom. The molecule has 4 aromatic rings. The number of hydrogen-bond acceptors (Lipinski definition) is 3. The first-order valence-electron chi connectivity index (χ1n) is 9.97. The van der Waals surface area contributed by atoms with E-state index in [-0.39, 0.29) is 17.2 Å². The first-order chi connectivity index (χ1) is 15.0. The maximum Gasteiger partial charge on any atom is 0.295 e. The van der Waals surface area contributed by atoms with Gasteiger partial charge in [-0.25, -0.2) is 4.68 Å². The van der Waals surface area contributed by atoms with Crippen molar-refractivity contribution in [3.05, 3.63) is 112 Å². The zero-order chi connectivity index (χ0) is 21.8. The van der Waals surface area contributed by atoms with Crippen LogP contribution in [0.2, 0.25) is 0 Å². The summed E-state index contributed by atoms with van der Waals surface area (Å²) in [6.07, 6.45) is 0. The quantitative estimate of drug-likeness (QED) is 0.512. The molecule has 0 aliphatic heterocycles. The number of nitrogens with one attached hydrogen (secondary N) is 1. The highest BCUT2D eigenvalue weighted by Gasteiger charge is 2.19. The normalized spacial score (nSPS) is 10.6. The maximum atomic E-state index is 13.0. The summed E-state index contributed by atoms with van der Waals surface area (Å²) in [5.41, 5.74) is 2.83. The molecule has 0 radical (unpaired) electrons. The highest BCUT2D eigenvalue weighted by atomic mass is 16.5. The fraction of sp³-hybridized carbons (Fsp3) is 0.120. The summed E-state index contributed by atoms with van der Waals surface area (Å²) in [6.45, 7) is 2.21. The average molecular weight is 413 g/mol. The SMILES string of the molecule is Cc1c(NC(=O)c2cccc(OCc3ccccc3)c2)c(=O)n(-c2ccccc2)n1C. The Hall–Kier alpha value is -4.06. The number of ether oxygens (including phenoxy) is 1. The van der Waals surface area contributed by atoms with Crippen LogP contribution < -0.4 is 15.6 Å². The minimum atomic E-state index is -0.365. The number of carbonyl (C=O) groups is 1. The monoisotopic (exact) mass is 413 g/mol. The Bertz CT molecular complexity index is 1260. The van der Waals surface area contributed by atoms with Crippen LogP contribution in [0.4, 0.5) is 5.69 Å². The standard InChI is InChI=1S/C25H23N3O3/c1-18-23(25(30)28(27(18)2)21-13-7-4-8-14-21)26-24(29)20-12-9-15-22(16-20)31-17-19-10-5-3-6-11-19/h3-16H,17H2,1-2H3,(H,26,29). The maximum absolute atomic E-state index is 13.0. The van der Waals surface area contributed by atoms with E-state index in [1.54, 1.807) is 42.9 Å². The predicted molar refractivity (Wildman–Crippen MR) is 121 cm³/mol. The van der Waals surface area contributed by atoms with Crippen LogP contribution in [-0.2, 0) is 13.7 Å². The van der Waals surface area contributed by atoms with E-state index in [4.69, 9.17) is 4.74 Å². The molecule has 0 aliphatic rings. The Morgan fingerprint density at radius 1 is 0.935 bits per heavy atom. The second-order valence-electron chi connectivity index (χ2n) is 7.19. The van der Waals surface area contributed by atoms with Crippen molar-refractivity contribution in [2.45, 2.75) is 13.5 Å². The van der Waals surface area contributed by atoms with Crippen LogP contribution in [-0.4, -0.2) is 15.3 Å². The minimum Gasteiger partial charge on any atom is -0.489 e. The number of benzene rings is 3. The van der Waals surface area contributed by atoms with Crippen LogP contribution in [0.15, 0.2) is 89.7 Å². The zero-order valence-corrected chi connectivity index (χ0v) is 17.4. The van der Waals surface area contributed by atoms with Gasteiger partial charge < -0.3 is 10.1 Å². The summed E-state index contributed by atoms with van der Waals surface area (Å²) >= 11 is 0. The van der Waals surface area contributed by atoms with Gasteiger partial charge in [-0.05, 0) is 42.8 Å². The third-order valence-electron chi connectivity index (χ3n) is 5.14. The Balaban J connectivity index is 1.55. The molecule has 4 rings (SSSR count). The van der Waals surface area contributed by atoms with E-state index in [1.165, 1.54) is 4.68 Å². The summed E-state index contributed by atoms with van der Waals surface area (Å²) < 4.78 is 9.07. The van der Waals surface area contributed by atoms with Crippen molar-refractivity contribution in [1.29, 1.82) is 0 Å². The average Bonchev–Trinajstić information content (AvgIpc) is 3.02. The zero-order valence-electron chi connectivity index (χ0n) is 17.4. The Kier molecular flexibility index (Phi) is 5.71. The van der Waals surface area contributed by atoms with Gasteiger partial charge in [0.25, 0.3) is 11.5 Å². The molecule has 0 fully saturated rings. The molecule has 1 amide bonds. The highest BCUT2D eigenvalue weighted by molar-refractivity contribution is 6.04. The van der Waals surface area contributed by atoms with Gasteiger partial charge in [0.2, 0.25) is 0 Å². The molecule has 1 aromatic heterocycles. The van der Waals surface area contributed by atoms with E-state index in [0.29, 0.717) is 23.6 Å². The van der Waals surface area contributed by atoms with Gasteiger partial charge in [-0.15, -0.1) is 0 Å². The van der Waals surface area contributed by atoms with Crippen LogP contribution in [0.25, 0.3) is 5.69 Å². The molecule has 6 nitrogen and oxygen atoms in total. The number of nitrogens with zero attached hydrogens (tertiary/aromatic N) is 2. The van der Waals surface area contributed by atoms with E-state index in [9.17, 15) is 9.59 Å². The fourth-order valence-electron chi connectivity index (χ4n) is 3.37. The van der Waals surface area contributed by atoms with Crippen LogP contribution in [0.5, 0.6) is 5.75 Å². The molecule has 6 heteroatoms. The number of amides is 1. The first kappa shape index (κ1) is 20.2. The van der Waals surface area contributed by atoms with Crippen LogP contribution in [0.1, 0.15) is 21.6 Å². The molecule has 0 saturated heterocycles. The summed E-state index contributed by atoms with van der Waals surface area (Å²) in [6, 6.07) is 26.0. The number of aromatic nitrogens is 2. The molecule has 31 heavy (non-hydrogen) atoms. The molecule has 3 aromatic carbocycles. The molecule has 0 atom stereocenters. The molecular weight excluding hydrogens is 390 g/mol. The Labute approximate surface area is 180 Å². The third-order valence-corrected chi connectivity index (χ3v) is 5.14. The van der Waals surface area contributed by atoms with Gasteiger partial charge in [0.15, 0.2) is 0 Å². The van der Waals surface area contributed by atoms with Gasteiger partial charge in [0.1, 0.15) is 18.0 Å².